The van der Waals surface area contributed by atoms with Crippen LogP contribution in [0.25, 0.3) is 0 Å². The molecule has 4 rings (SSSR count). The standard InChI is InChI=1S/C19H23N5O2S/c1-13-9-14(22-26-13)11-23-5-7-24(8-6-23)12-18(25)21-19-16(10-20)15-3-2-4-17(15)27-19/h9H,2-8,11-12H2,1H3,(H,21,25). The fourth-order valence-electron chi connectivity index (χ4n) is 3.81. The first-order chi connectivity index (χ1) is 13.1. The van der Waals surface area contributed by atoms with Gasteiger partial charge in [-0.3, -0.25) is 14.6 Å². The van der Waals surface area contributed by atoms with Crippen LogP contribution in [0.15, 0.2) is 10.6 Å². The third-order valence-corrected chi connectivity index (χ3v) is 6.39. The maximum atomic E-state index is 12.5. The van der Waals surface area contributed by atoms with Gasteiger partial charge in [-0.25, -0.2) is 0 Å². The smallest absolute Gasteiger partial charge is 0.239 e. The van der Waals surface area contributed by atoms with Crippen molar-refractivity contribution in [2.45, 2.75) is 32.7 Å². The van der Waals surface area contributed by atoms with Crippen molar-refractivity contribution in [3.63, 3.8) is 0 Å². The molecular formula is C19H23N5O2S. The van der Waals surface area contributed by atoms with Gasteiger partial charge in [0.25, 0.3) is 0 Å². The van der Waals surface area contributed by atoms with Crippen LogP contribution in [0.4, 0.5) is 5.00 Å². The monoisotopic (exact) mass is 385 g/mol. The van der Waals surface area contributed by atoms with Gasteiger partial charge in [-0.1, -0.05) is 5.16 Å². The van der Waals surface area contributed by atoms with Gasteiger partial charge in [0.2, 0.25) is 5.91 Å². The van der Waals surface area contributed by atoms with Crippen LogP contribution in [0.3, 0.4) is 0 Å². The molecule has 142 valence electrons. The van der Waals surface area contributed by atoms with E-state index >= 15 is 0 Å². The molecule has 2 aromatic heterocycles. The molecule has 3 heterocycles. The Morgan fingerprint density at radius 1 is 1.33 bits per heavy atom. The number of thiophene rings is 1. The van der Waals surface area contributed by atoms with Crippen LogP contribution in [0.1, 0.15) is 33.9 Å². The molecule has 1 amide bonds. The normalized spacial score (nSPS) is 17.6. The predicted octanol–water partition coefficient (Wildman–Crippen LogP) is 2.16. The summed E-state index contributed by atoms with van der Waals surface area (Å²) < 4.78 is 5.12. The zero-order valence-electron chi connectivity index (χ0n) is 15.5. The Labute approximate surface area is 162 Å². The van der Waals surface area contributed by atoms with Crippen molar-refractivity contribution >= 4 is 22.2 Å². The summed E-state index contributed by atoms with van der Waals surface area (Å²) in [6.45, 7) is 6.53. The van der Waals surface area contributed by atoms with Crippen LogP contribution in [0.5, 0.6) is 0 Å². The number of hydrogen-bond acceptors (Lipinski definition) is 7. The summed E-state index contributed by atoms with van der Waals surface area (Å²) >= 11 is 1.57. The summed E-state index contributed by atoms with van der Waals surface area (Å²) in [4.78, 5) is 18.2. The Kier molecular flexibility index (Phi) is 5.25. The first kappa shape index (κ1) is 18.2. The average Bonchev–Trinajstić information content (AvgIpc) is 3.33. The van der Waals surface area contributed by atoms with Gasteiger partial charge in [0.15, 0.2) is 0 Å². The first-order valence-corrected chi connectivity index (χ1v) is 10.2. The fraction of sp³-hybridized carbons (Fsp3) is 0.526. The molecule has 8 heteroatoms. The number of rotatable bonds is 5. The molecule has 0 aromatic carbocycles. The van der Waals surface area contributed by atoms with E-state index in [2.05, 4.69) is 26.3 Å². The van der Waals surface area contributed by atoms with Crippen LogP contribution >= 0.6 is 11.3 Å². The van der Waals surface area contributed by atoms with Crippen molar-refractivity contribution in [1.82, 2.24) is 15.0 Å². The lowest BCUT2D eigenvalue weighted by atomic mass is 10.1. The zero-order chi connectivity index (χ0) is 18.8. The second-order valence-corrected chi connectivity index (χ2v) is 8.31. The molecule has 0 atom stereocenters. The van der Waals surface area contributed by atoms with Crippen LogP contribution in [-0.2, 0) is 24.2 Å². The summed E-state index contributed by atoms with van der Waals surface area (Å²) in [5.41, 5.74) is 2.77. The molecule has 1 fully saturated rings. The van der Waals surface area contributed by atoms with Crippen LogP contribution < -0.4 is 5.32 Å². The number of nitriles is 1. The summed E-state index contributed by atoms with van der Waals surface area (Å²) in [5, 5.41) is 17.2. The SMILES string of the molecule is Cc1cc(CN2CCN(CC(=O)Nc3sc4c(c3C#N)CCC4)CC2)no1. The number of aryl methyl sites for hydroxylation is 2. The van der Waals surface area contributed by atoms with Crippen molar-refractivity contribution in [2.24, 2.45) is 0 Å². The van der Waals surface area contributed by atoms with Gasteiger partial charge >= 0.3 is 0 Å². The molecule has 2 aliphatic rings. The lowest BCUT2D eigenvalue weighted by Gasteiger charge is -2.33. The Balaban J connectivity index is 1.27. The highest BCUT2D eigenvalue weighted by Crippen LogP contribution is 2.38. The molecule has 1 saturated heterocycles. The van der Waals surface area contributed by atoms with E-state index in [1.54, 1.807) is 11.3 Å². The average molecular weight is 385 g/mol. The number of fused-ring (bicyclic) bond motifs is 1. The Hall–Kier alpha value is -2.21. The number of hydrogen-bond donors (Lipinski definition) is 1. The number of carbonyl (C=O) groups excluding carboxylic acids is 1. The molecule has 2 aromatic rings. The van der Waals surface area contributed by atoms with Crippen LogP contribution in [0, 0.1) is 18.3 Å². The van der Waals surface area contributed by atoms with Gasteiger partial charge in [0.1, 0.15) is 16.8 Å². The molecule has 0 unspecified atom stereocenters. The highest BCUT2D eigenvalue weighted by Gasteiger charge is 2.24. The maximum absolute atomic E-state index is 12.5. The molecule has 27 heavy (non-hydrogen) atoms. The highest BCUT2D eigenvalue weighted by atomic mass is 32.1. The topological polar surface area (TPSA) is 85.4 Å². The Bertz CT molecular complexity index is 873. The lowest BCUT2D eigenvalue weighted by Crippen LogP contribution is -2.48. The van der Waals surface area contributed by atoms with Gasteiger partial charge in [-0.05, 0) is 31.7 Å². The molecule has 0 bridgehead atoms. The van der Waals surface area contributed by atoms with Gasteiger partial charge in [0, 0.05) is 43.7 Å². The third kappa shape index (κ3) is 4.05. The molecule has 0 spiro atoms. The number of amides is 1. The van der Waals surface area contributed by atoms with E-state index in [1.807, 2.05) is 13.0 Å². The molecule has 1 aliphatic heterocycles. The Morgan fingerprint density at radius 2 is 2.11 bits per heavy atom. The van der Waals surface area contributed by atoms with E-state index < -0.39 is 0 Å². The van der Waals surface area contributed by atoms with E-state index in [-0.39, 0.29) is 5.91 Å². The van der Waals surface area contributed by atoms with Gasteiger partial charge in [0.05, 0.1) is 17.8 Å². The number of anilines is 1. The van der Waals surface area contributed by atoms with Crippen molar-refractivity contribution in [2.75, 3.05) is 38.0 Å². The van der Waals surface area contributed by atoms with Crippen LogP contribution in [-0.4, -0.2) is 53.6 Å². The van der Waals surface area contributed by atoms with Gasteiger partial charge in [-0.15, -0.1) is 11.3 Å². The van der Waals surface area contributed by atoms with Crippen molar-refractivity contribution in [3.05, 3.63) is 33.5 Å². The minimum absolute atomic E-state index is 0.0352. The minimum atomic E-state index is -0.0352. The van der Waals surface area contributed by atoms with Gasteiger partial charge in [-0.2, -0.15) is 5.26 Å². The van der Waals surface area contributed by atoms with Crippen molar-refractivity contribution in [3.8, 4) is 6.07 Å². The second kappa shape index (κ2) is 7.80. The fourth-order valence-corrected chi connectivity index (χ4v) is 5.06. The summed E-state index contributed by atoms with van der Waals surface area (Å²) in [5.74, 6) is 0.795. The number of nitrogens with zero attached hydrogens (tertiary/aromatic N) is 4. The zero-order valence-corrected chi connectivity index (χ0v) is 16.3. The Morgan fingerprint density at radius 3 is 2.81 bits per heavy atom. The molecular weight excluding hydrogens is 362 g/mol. The van der Waals surface area contributed by atoms with E-state index in [1.165, 1.54) is 4.88 Å². The van der Waals surface area contributed by atoms with Crippen molar-refractivity contribution < 1.29 is 9.32 Å². The quantitative estimate of drug-likeness (QED) is 0.849. The minimum Gasteiger partial charge on any atom is -0.361 e. The molecule has 0 saturated carbocycles. The summed E-state index contributed by atoms with van der Waals surface area (Å²) in [6.07, 6.45) is 3.09. The number of piperazine rings is 1. The molecule has 0 radical (unpaired) electrons. The summed E-state index contributed by atoms with van der Waals surface area (Å²) in [7, 11) is 0. The van der Waals surface area contributed by atoms with Crippen LogP contribution in [0.2, 0.25) is 0 Å². The lowest BCUT2D eigenvalue weighted by molar-refractivity contribution is -0.117. The predicted molar refractivity (Wildman–Crippen MR) is 103 cm³/mol. The largest absolute Gasteiger partial charge is 0.361 e. The number of nitrogens with one attached hydrogen (secondary N) is 1. The van der Waals surface area contributed by atoms with E-state index in [0.29, 0.717) is 12.1 Å². The van der Waals surface area contributed by atoms with E-state index in [9.17, 15) is 10.1 Å². The summed E-state index contributed by atoms with van der Waals surface area (Å²) in [6, 6.07) is 4.24. The molecule has 1 N–H and O–H groups in total. The maximum Gasteiger partial charge on any atom is 0.239 e. The second-order valence-electron chi connectivity index (χ2n) is 7.20. The number of carbonyl (C=O) groups is 1. The van der Waals surface area contributed by atoms with E-state index in [0.717, 1.165) is 74.0 Å². The first-order valence-electron chi connectivity index (χ1n) is 9.34. The molecule has 1 aliphatic carbocycles. The van der Waals surface area contributed by atoms with E-state index in [4.69, 9.17) is 4.52 Å². The third-order valence-electron chi connectivity index (χ3n) is 5.18. The van der Waals surface area contributed by atoms with Crippen molar-refractivity contribution in [1.29, 1.82) is 5.26 Å². The molecule has 7 nitrogen and oxygen atoms in total. The van der Waals surface area contributed by atoms with Gasteiger partial charge < -0.3 is 9.84 Å². The number of aromatic nitrogens is 1. The highest BCUT2D eigenvalue weighted by molar-refractivity contribution is 7.16.